The summed E-state index contributed by atoms with van der Waals surface area (Å²) in [5.74, 6) is -0.837. The second-order valence-electron chi connectivity index (χ2n) is 6.53. The van der Waals surface area contributed by atoms with Crippen LogP contribution in [-0.4, -0.2) is 11.8 Å². The van der Waals surface area contributed by atoms with Gasteiger partial charge in [-0.15, -0.1) is 0 Å². The van der Waals surface area contributed by atoms with Crippen LogP contribution in [0.5, 0.6) is 0 Å². The van der Waals surface area contributed by atoms with Gasteiger partial charge in [0.1, 0.15) is 0 Å². The first-order valence-electron chi connectivity index (χ1n) is 8.08. The van der Waals surface area contributed by atoms with Crippen LogP contribution in [-0.2, 0) is 16.0 Å². The van der Waals surface area contributed by atoms with Crippen LogP contribution in [0.1, 0.15) is 23.6 Å². The summed E-state index contributed by atoms with van der Waals surface area (Å²) in [5, 5.41) is 0. The fourth-order valence-electron chi connectivity index (χ4n) is 3.08. The molecular weight excluding hydrogens is 366 g/mol. The number of nitrogens with zero attached hydrogens (tertiary/aromatic N) is 1. The van der Waals surface area contributed by atoms with Gasteiger partial charge in [0.25, 0.3) is 0 Å². The fraction of sp³-hybridized carbons (Fsp3) is 0.300. The number of rotatable bonds is 3. The molecule has 124 valence electrons. The summed E-state index contributed by atoms with van der Waals surface area (Å²) >= 11 is 3.47. The molecule has 1 aliphatic rings. The van der Waals surface area contributed by atoms with Crippen molar-refractivity contribution in [1.82, 2.24) is 0 Å². The van der Waals surface area contributed by atoms with E-state index in [0.717, 1.165) is 15.6 Å². The summed E-state index contributed by atoms with van der Waals surface area (Å²) in [6, 6.07) is 13.7. The molecule has 2 amide bonds. The molecule has 24 heavy (non-hydrogen) atoms. The minimum atomic E-state index is -0.307. The van der Waals surface area contributed by atoms with E-state index in [1.54, 1.807) is 0 Å². The van der Waals surface area contributed by atoms with E-state index in [1.807, 2.05) is 63.2 Å². The van der Waals surface area contributed by atoms with Crippen molar-refractivity contribution >= 4 is 33.4 Å². The van der Waals surface area contributed by atoms with E-state index in [0.29, 0.717) is 12.1 Å². The lowest BCUT2D eigenvalue weighted by Gasteiger charge is -2.16. The van der Waals surface area contributed by atoms with E-state index in [-0.39, 0.29) is 23.7 Å². The van der Waals surface area contributed by atoms with Gasteiger partial charge in [-0.05, 0) is 43.5 Å². The number of aryl methyl sites for hydroxylation is 2. The highest BCUT2D eigenvalue weighted by Crippen LogP contribution is 2.34. The molecule has 0 spiro atoms. The van der Waals surface area contributed by atoms with Crippen LogP contribution in [0.3, 0.4) is 0 Å². The molecule has 3 rings (SSSR count). The predicted octanol–water partition coefficient (Wildman–Crippen LogP) is 4.43. The Morgan fingerprint density at radius 2 is 1.67 bits per heavy atom. The highest BCUT2D eigenvalue weighted by Gasteiger charge is 2.45. The molecule has 1 heterocycles. The molecule has 3 nitrogen and oxygen atoms in total. The number of halogens is 1. The van der Waals surface area contributed by atoms with Crippen LogP contribution in [0.2, 0.25) is 0 Å². The molecule has 0 N–H and O–H groups in total. The van der Waals surface area contributed by atoms with Gasteiger partial charge < -0.3 is 0 Å². The van der Waals surface area contributed by atoms with E-state index in [4.69, 9.17) is 0 Å². The Bertz CT molecular complexity index is 798. The van der Waals surface area contributed by atoms with E-state index in [1.165, 1.54) is 10.5 Å². The molecule has 0 aromatic heterocycles. The summed E-state index contributed by atoms with van der Waals surface area (Å²) in [4.78, 5) is 26.9. The molecule has 2 aromatic carbocycles. The second-order valence-corrected chi connectivity index (χ2v) is 7.38. The summed E-state index contributed by atoms with van der Waals surface area (Å²) in [6.45, 7) is 5.86. The van der Waals surface area contributed by atoms with Crippen LogP contribution in [0.4, 0.5) is 5.69 Å². The number of benzene rings is 2. The molecule has 0 unspecified atom stereocenters. The molecule has 2 aromatic rings. The Labute approximate surface area is 150 Å². The second kappa shape index (κ2) is 6.52. The molecule has 1 fully saturated rings. The van der Waals surface area contributed by atoms with Gasteiger partial charge in [0.2, 0.25) is 11.8 Å². The van der Waals surface area contributed by atoms with Gasteiger partial charge in [-0.2, -0.15) is 0 Å². The van der Waals surface area contributed by atoms with E-state index in [9.17, 15) is 9.59 Å². The lowest BCUT2D eigenvalue weighted by molar-refractivity contribution is -0.122. The number of anilines is 1. The van der Waals surface area contributed by atoms with Crippen LogP contribution in [0.25, 0.3) is 0 Å². The fourth-order valence-corrected chi connectivity index (χ4v) is 3.45. The zero-order valence-electron chi connectivity index (χ0n) is 14.0. The average molecular weight is 386 g/mol. The Balaban J connectivity index is 1.88. The number of hydrogen-bond donors (Lipinski definition) is 0. The summed E-state index contributed by atoms with van der Waals surface area (Å²) < 4.78 is 0.898. The highest BCUT2D eigenvalue weighted by atomic mass is 79.9. The average Bonchev–Trinajstić information content (AvgIpc) is 2.76. The third-order valence-electron chi connectivity index (χ3n) is 4.74. The minimum Gasteiger partial charge on any atom is -0.274 e. The van der Waals surface area contributed by atoms with Crippen molar-refractivity contribution in [2.45, 2.75) is 27.2 Å². The standard InChI is InChI=1S/C20H20BrNO2/c1-12-4-7-15(8-5-12)10-17-14(3)19(23)22(20(17)24)16-9-6-13(2)18(21)11-16/h4-9,11,14,17H,10H2,1-3H3/t14-,17-/m1/s1. The van der Waals surface area contributed by atoms with E-state index in [2.05, 4.69) is 15.9 Å². The van der Waals surface area contributed by atoms with Gasteiger partial charge >= 0.3 is 0 Å². The lowest BCUT2D eigenvalue weighted by Crippen LogP contribution is -2.31. The topological polar surface area (TPSA) is 37.4 Å². The first kappa shape index (κ1) is 16.9. The van der Waals surface area contributed by atoms with Crippen LogP contribution < -0.4 is 4.90 Å². The van der Waals surface area contributed by atoms with Crippen LogP contribution >= 0.6 is 15.9 Å². The van der Waals surface area contributed by atoms with Crippen LogP contribution in [0, 0.1) is 25.7 Å². The number of imide groups is 1. The molecular formula is C20H20BrNO2. The minimum absolute atomic E-state index is 0.108. The number of amides is 2. The Hall–Kier alpha value is -1.94. The van der Waals surface area contributed by atoms with Crippen molar-refractivity contribution in [3.05, 3.63) is 63.6 Å². The zero-order valence-corrected chi connectivity index (χ0v) is 15.6. The number of carbonyl (C=O) groups is 2. The van der Waals surface area contributed by atoms with Gasteiger partial charge in [-0.25, -0.2) is 0 Å². The van der Waals surface area contributed by atoms with Gasteiger partial charge in [0.15, 0.2) is 0 Å². The lowest BCUT2D eigenvalue weighted by atomic mass is 9.90. The summed E-state index contributed by atoms with van der Waals surface area (Å²) in [7, 11) is 0. The van der Waals surface area contributed by atoms with E-state index < -0.39 is 0 Å². The normalized spacial score (nSPS) is 20.8. The van der Waals surface area contributed by atoms with Crippen molar-refractivity contribution in [3.8, 4) is 0 Å². The molecule has 1 saturated heterocycles. The largest absolute Gasteiger partial charge is 0.274 e. The SMILES string of the molecule is Cc1ccc(C[C@H]2C(=O)N(c3ccc(C)c(Br)c3)C(=O)[C@@H]2C)cc1. The summed E-state index contributed by atoms with van der Waals surface area (Å²) in [5.41, 5.74) is 3.99. The molecule has 0 bridgehead atoms. The van der Waals surface area contributed by atoms with Crippen molar-refractivity contribution in [1.29, 1.82) is 0 Å². The maximum atomic E-state index is 12.9. The molecule has 0 radical (unpaired) electrons. The van der Waals surface area contributed by atoms with Crippen molar-refractivity contribution < 1.29 is 9.59 Å². The zero-order chi connectivity index (χ0) is 17.4. The molecule has 0 saturated carbocycles. The Morgan fingerprint density at radius 3 is 2.29 bits per heavy atom. The quantitative estimate of drug-likeness (QED) is 0.732. The van der Waals surface area contributed by atoms with Crippen molar-refractivity contribution in [2.24, 2.45) is 11.8 Å². The summed E-state index contributed by atoms with van der Waals surface area (Å²) in [6.07, 6.45) is 0.593. The first-order chi connectivity index (χ1) is 11.4. The van der Waals surface area contributed by atoms with Crippen molar-refractivity contribution in [3.63, 3.8) is 0 Å². The maximum Gasteiger partial charge on any atom is 0.238 e. The molecule has 2 atom stereocenters. The van der Waals surface area contributed by atoms with Crippen LogP contribution in [0.15, 0.2) is 46.9 Å². The Kier molecular flexibility index (Phi) is 4.59. The van der Waals surface area contributed by atoms with Gasteiger partial charge in [0.05, 0.1) is 11.6 Å². The Morgan fingerprint density at radius 1 is 1.00 bits per heavy atom. The molecule has 4 heteroatoms. The van der Waals surface area contributed by atoms with Gasteiger partial charge in [0, 0.05) is 10.4 Å². The molecule has 0 aliphatic carbocycles. The maximum absolute atomic E-state index is 12.9. The number of hydrogen-bond acceptors (Lipinski definition) is 2. The smallest absolute Gasteiger partial charge is 0.238 e. The van der Waals surface area contributed by atoms with E-state index >= 15 is 0 Å². The third kappa shape index (κ3) is 3.03. The third-order valence-corrected chi connectivity index (χ3v) is 5.60. The van der Waals surface area contributed by atoms with Crippen molar-refractivity contribution in [2.75, 3.05) is 4.90 Å². The van der Waals surface area contributed by atoms with Gasteiger partial charge in [-0.1, -0.05) is 58.7 Å². The first-order valence-corrected chi connectivity index (χ1v) is 8.87. The highest BCUT2D eigenvalue weighted by molar-refractivity contribution is 9.10. The molecule has 1 aliphatic heterocycles. The van der Waals surface area contributed by atoms with Gasteiger partial charge in [-0.3, -0.25) is 14.5 Å². The predicted molar refractivity (Wildman–Crippen MR) is 98.9 cm³/mol. The number of carbonyl (C=O) groups excluding carboxylic acids is 2. The monoisotopic (exact) mass is 385 g/mol.